The van der Waals surface area contributed by atoms with E-state index in [1.807, 2.05) is 0 Å². The minimum atomic E-state index is 0.296. The Bertz CT molecular complexity index is 79.1. The van der Waals surface area contributed by atoms with Gasteiger partial charge < -0.3 is 4.74 Å². The van der Waals surface area contributed by atoms with Crippen molar-refractivity contribution in [3.63, 3.8) is 0 Å². The highest BCUT2D eigenvalue weighted by molar-refractivity contribution is 14.1. The molecular formula is C6H12INO. The number of rotatable bonds is 0. The zero-order chi connectivity index (χ0) is 6.69. The number of ether oxygens (including phenoxy) is 1. The van der Waals surface area contributed by atoms with Gasteiger partial charge in [0, 0.05) is 13.2 Å². The SMILES string of the molecule is CN1CCCCOC1I. The molecule has 1 aliphatic heterocycles. The van der Waals surface area contributed by atoms with Gasteiger partial charge in [-0.2, -0.15) is 0 Å². The molecule has 0 aromatic heterocycles. The number of nitrogens with zero attached hydrogens (tertiary/aromatic N) is 1. The van der Waals surface area contributed by atoms with Gasteiger partial charge >= 0.3 is 0 Å². The van der Waals surface area contributed by atoms with Crippen LogP contribution in [0, 0.1) is 0 Å². The molecule has 1 aliphatic rings. The molecule has 1 heterocycles. The standard InChI is InChI=1S/C6H12INO/c1-8-4-2-3-5-9-6(8)7/h6H,2-5H2,1H3. The maximum Gasteiger partial charge on any atom is 0.162 e. The second-order valence-corrected chi connectivity index (χ2v) is 3.42. The number of hydrogen-bond acceptors (Lipinski definition) is 2. The molecule has 1 atom stereocenters. The van der Waals surface area contributed by atoms with Crippen molar-refractivity contribution < 1.29 is 4.74 Å². The first-order valence-corrected chi connectivity index (χ1v) is 4.51. The van der Waals surface area contributed by atoms with Gasteiger partial charge in [-0.1, -0.05) is 0 Å². The molecule has 0 aromatic carbocycles. The Balaban J connectivity index is 2.32. The van der Waals surface area contributed by atoms with Gasteiger partial charge in [0.15, 0.2) is 4.23 Å². The lowest BCUT2D eigenvalue weighted by Crippen LogP contribution is -2.27. The Kier molecular flexibility index (Phi) is 3.21. The maximum absolute atomic E-state index is 5.43. The van der Waals surface area contributed by atoms with Crippen LogP contribution in [0.25, 0.3) is 0 Å². The zero-order valence-corrected chi connectivity index (χ0v) is 7.80. The predicted molar refractivity (Wildman–Crippen MR) is 45.6 cm³/mol. The summed E-state index contributed by atoms with van der Waals surface area (Å²) in [7, 11) is 2.10. The average molecular weight is 241 g/mol. The normalized spacial score (nSPS) is 32.0. The molecule has 3 heteroatoms. The summed E-state index contributed by atoms with van der Waals surface area (Å²) < 4.78 is 5.72. The van der Waals surface area contributed by atoms with Crippen LogP contribution in [-0.2, 0) is 4.74 Å². The quantitative estimate of drug-likeness (QED) is 0.361. The summed E-state index contributed by atoms with van der Waals surface area (Å²) in [6.07, 6.45) is 2.49. The number of alkyl halides is 1. The van der Waals surface area contributed by atoms with Crippen LogP contribution in [0.4, 0.5) is 0 Å². The molecule has 1 unspecified atom stereocenters. The van der Waals surface area contributed by atoms with Gasteiger partial charge in [0.25, 0.3) is 0 Å². The predicted octanol–water partition coefficient (Wildman–Crippen LogP) is 1.45. The Morgan fingerprint density at radius 2 is 2.33 bits per heavy atom. The Labute approximate surface area is 69.7 Å². The van der Waals surface area contributed by atoms with Gasteiger partial charge in [-0.05, 0) is 42.5 Å². The van der Waals surface area contributed by atoms with Crippen LogP contribution in [-0.4, -0.2) is 29.3 Å². The molecule has 9 heavy (non-hydrogen) atoms. The highest BCUT2D eigenvalue weighted by Gasteiger charge is 2.12. The highest BCUT2D eigenvalue weighted by atomic mass is 127. The third-order valence-corrected chi connectivity index (χ3v) is 2.82. The van der Waals surface area contributed by atoms with Gasteiger partial charge in [0.05, 0.1) is 0 Å². The second kappa shape index (κ2) is 3.73. The van der Waals surface area contributed by atoms with Crippen molar-refractivity contribution in [2.75, 3.05) is 20.2 Å². The molecule has 1 fully saturated rings. The fourth-order valence-electron chi connectivity index (χ4n) is 0.873. The van der Waals surface area contributed by atoms with Crippen LogP contribution in [0.3, 0.4) is 0 Å². The smallest absolute Gasteiger partial charge is 0.162 e. The number of halogens is 1. The molecule has 0 saturated carbocycles. The van der Waals surface area contributed by atoms with Crippen molar-refractivity contribution in [2.24, 2.45) is 0 Å². The Morgan fingerprint density at radius 1 is 1.56 bits per heavy atom. The largest absolute Gasteiger partial charge is 0.354 e. The zero-order valence-electron chi connectivity index (χ0n) is 5.64. The first kappa shape index (κ1) is 7.75. The molecule has 0 bridgehead atoms. The second-order valence-electron chi connectivity index (χ2n) is 2.35. The topological polar surface area (TPSA) is 12.5 Å². The van der Waals surface area contributed by atoms with Crippen LogP contribution in [0.5, 0.6) is 0 Å². The minimum absolute atomic E-state index is 0.296. The molecule has 0 spiro atoms. The van der Waals surface area contributed by atoms with Crippen LogP contribution in [0.15, 0.2) is 0 Å². The van der Waals surface area contributed by atoms with Crippen LogP contribution >= 0.6 is 22.6 Å². The Hall–Kier alpha value is 0.650. The van der Waals surface area contributed by atoms with Crippen LogP contribution in [0.1, 0.15) is 12.8 Å². The molecule has 1 saturated heterocycles. The van der Waals surface area contributed by atoms with E-state index < -0.39 is 0 Å². The lowest BCUT2D eigenvalue weighted by atomic mass is 10.3. The molecule has 0 radical (unpaired) electrons. The first-order valence-electron chi connectivity index (χ1n) is 3.26. The maximum atomic E-state index is 5.43. The van der Waals surface area contributed by atoms with Crippen molar-refractivity contribution in [2.45, 2.75) is 17.1 Å². The molecule has 0 amide bonds. The summed E-state index contributed by atoms with van der Waals surface area (Å²) >= 11 is 2.31. The van der Waals surface area contributed by atoms with E-state index in [9.17, 15) is 0 Å². The van der Waals surface area contributed by atoms with Crippen molar-refractivity contribution >= 4 is 22.6 Å². The first-order chi connectivity index (χ1) is 4.30. The molecule has 0 aliphatic carbocycles. The van der Waals surface area contributed by atoms with Crippen LogP contribution < -0.4 is 0 Å². The highest BCUT2D eigenvalue weighted by Crippen LogP contribution is 2.12. The Morgan fingerprint density at radius 3 is 3.11 bits per heavy atom. The summed E-state index contributed by atoms with van der Waals surface area (Å²) in [4.78, 5) is 2.23. The van der Waals surface area contributed by atoms with Crippen molar-refractivity contribution in [3.8, 4) is 0 Å². The van der Waals surface area contributed by atoms with E-state index in [-0.39, 0.29) is 0 Å². The average Bonchev–Trinajstić information content (AvgIpc) is 1.99. The molecule has 0 N–H and O–H groups in total. The van der Waals surface area contributed by atoms with Gasteiger partial charge in [0.1, 0.15) is 0 Å². The third kappa shape index (κ3) is 2.39. The van der Waals surface area contributed by atoms with E-state index in [4.69, 9.17) is 4.74 Å². The van der Waals surface area contributed by atoms with E-state index in [2.05, 4.69) is 34.5 Å². The van der Waals surface area contributed by atoms with E-state index in [0.29, 0.717) is 4.23 Å². The van der Waals surface area contributed by atoms with Gasteiger partial charge in [-0.15, -0.1) is 0 Å². The van der Waals surface area contributed by atoms with E-state index in [1.54, 1.807) is 0 Å². The fraction of sp³-hybridized carbons (Fsp3) is 1.00. The summed E-state index contributed by atoms with van der Waals surface area (Å²) in [6, 6.07) is 0. The summed E-state index contributed by atoms with van der Waals surface area (Å²) in [5.41, 5.74) is 0. The monoisotopic (exact) mass is 241 g/mol. The summed E-state index contributed by atoms with van der Waals surface area (Å²) in [5, 5.41) is 0. The molecule has 1 rings (SSSR count). The van der Waals surface area contributed by atoms with Crippen molar-refractivity contribution in [1.82, 2.24) is 4.90 Å². The fourth-order valence-corrected chi connectivity index (χ4v) is 1.41. The molecule has 54 valence electrons. The van der Waals surface area contributed by atoms with Gasteiger partial charge in [0.2, 0.25) is 0 Å². The summed E-state index contributed by atoms with van der Waals surface area (Å²) in [5.74, 6) is 0. The lowest BCUT2D eigenvalue weighted by Gasteiger charge is -2.18. The minimum Gasteiger partial charge on any atom is -0.354 e. The van der Waals surface area contributed by atoms with E-state index >= 15 is 0 Å². The van der Waals surface area contributed by atoms with Crippen molar-refractivity contribution in [1.29, 1.82) is 0 Å². The molecule has 0 aromatic rings. The van der Waals surface area contributed by atoms with Gasteiger partial charge in [-0.25, -0.2) is 0 Å². The lowest BCUT2D eigenvalue weighted by molar-refractivity contribution is 0.0481. The van der Waals surface area contributed by atoms with Gasteiger partial charge in [-0.3, -0.25) is 4.90 Å². The summed E-state index contributed by atoms with van der Waals surface area (Å²) in [6.45, 7) is 2.10. The van der Waals surface area contributed by atoms with E-state index in [1.165, 1.54) is 19.4 Å². The molecular weight excluding hydrogens is 229 g/mol. The third-order valence-electron chi connectivity index (χ3n) is 1.51. The molecule has 2 nitrogen and oxygen atoms in total. The number of hydrogen-bond donors (Lipinski definition) is 0. The van der Waals surface area contributed by atoms with E-state index in [0.717, 1.165) is 6.61 Å². The van der Waals surface area contributed by atoms with Crippen molar-refractivity contribution in [3.05, 3.63) is 0 Å². The van der Waals surface area contributed by atoms with Crippen LogP contribution in [0.2, 0.25) is 0 Å².